The average molecular weight is 546 g/mol. The lowest BCUT2D eigenvalue weighted by Gasteiger charge is -2.15. The topological polar surface area (TPSA) is 75.2 Å². The molecule has 0 saturated heterocycles. The molecule has 6 nitrogen and oxygen atoms in total. The summed E-state index contributed by atoms with van der Waals surface area (Å²) >= 11 is 3.16. The van der Waals surface area contributed by atoms with Gasteiger partial charge in [0.15, 0.2) is 5.16 Å². The van der Waals surface area contributed by atoms with Crippen LogP contribution in [0.1, 0.15) is 11.4 Å². The molecule has 0 spiro atoms. The van der Waals surface area contributed by atoms with Gasteiger partial charge in [-0.1, -0.05) is 12.1 Å². The van der Waals surface area contributed by atoms with Gasteiger partial charge in [-0.2, -0.15) is 0 Å². The molecule has 0 aliphatic carbocycles. The van der Waals surface area contributed by atoms with E-state index in [0.717, 1.165) is 31.6 Å². The summed E-state index contributed by atoms with van der Waals surface area (Å²) in [5, 5.41) is 3.37. The highest BCUT2D eigenvalue weighted by Crippen LogP contribution is 2.37. The number of carbonyl (C=O) groups is 2. The number of nitrogens with one attached hydrogen (secondary N) is 1. The van der Waals surface area contributed by atoms with Gasteiger partial charge in [0, 0.05) is 20.6 Å². The molecule has 2 heterocycles. The molecule has 31 heavy (non-hydrogen) atoms. The van der Waals surface area contributed by atoms with E-state index >= 15 is 0 Å². The van der Waals surface area contributed by atoms with E-state index < -0.39 is 17.6 Å². The van der Waals surface area contributed by atoms with Gasteiger partial charge in [0.2, 0.25) is 0 Å². The van der Waals surface area contributed by atoms with Crippen molar-refractivity contribution < 1.29 is 14.0 Å². The Balaban J connectivity index is 1.78. The molecule has 1 aromatic heterocycles. The summed E-state index contributed by atoms with van der Waals surface area (Å²) < 4.78 is 15.5. The van der Waals surface area contributed by atoms with Crippen molar-refractivity contribution in [3.63, 3.8) is 0 Å². The summed E-state index contributed by atoms with van der Waals surface area (Å²) in [4.78, 5) is 36.2. The number of imide groups is 1. The molecule has 1 aliphatic heterocycles. The van der Waals surface area contributed by atoms with E-state index in [1.807, 2.05) is 32.0 Å². The number of para-hydroxylation sites is 1. The molecule has 0 saturated carbocycles. The van der Waals surface area contributed by atoms with Crippen LogP contribution < -0.4 is 10.2 Å². The number of halogens is 2. The Labute approximate surface area is 196 Å². The summed E-state index contributed by atoms with van der Waals surface area (Å²) in [5.74, 6) is -1.93. The van der Waals surface area contributed by atoms with Gasteiger partial charge in [-0.05, 0) is 90.7 Å². The van der Waals surface area contributed by atoms with Gasteiger partial charge in [-0.15, -0.1) is 0 Å². The van der Waals surface area contributed by atoms with Crippen molar-refractivity contribution in [2.45, 2.75) is 19.0 Å². The van der Waals surface area contributed by atoms with Crippen LogP contribution in [0.4, 0.5) is 15.8 Å². The lowest BCUT2D eigenvalue weighted by Crippen LogP contribution is -2.33. The van der Waals surface area contributed by atoms with Crippen LogP contribution in [0.15, 0.2) is 70.4 Å². The summed E-state index contributed by atoms with van der Waals surface area (Å²) in [7, 11) is 0. The normalized spacial score (nSPS) is 13.9. The zero-order valence-corrected chi connectivity index (χ0v) is 19.5. The first-order valence-corrected chi connectivity index (χ1v) is 11.1. The van der Waals surface area contributed by atoms with E-state index in [4.69, 9.17) is 0 Å². The molecule has 3 aromatic rings. The number of aromatic nitrogens is 2. The van der Waals surface area contributed by atoms with Crippen molar-refractivity contribution in [1.29, 1.82) is 0 Å². The van der Waals surface area contributed by atoms with E-state index in [-0.39, 0.29) is 16.3 Å². The molecule has 0 bridgehead atoms. The number of amides is 2. The molecule has 1 aliphatic rings. The van der Waals surface area contributed by atoms with Gasteiger partial charge < -0.3 is 5.32 Å². The first kappa shape index (κ1) is 21.4. The monoisotopic (exact) mass is 546 g/mol. The number of aryl methyl sites for hydroxylation is 2. The van der Waals surface area contributed by atoms with Crippen LogP contribution in [0, 0.1) is 23.2 Å². The molecule has 9 heteroatoms. The second kappa shape index (κ2) is 8.75. The van der Waals surface area contributed by atoms with Gasteiger partial charge >= 0.3 is 0 Å². The highest BCUT2D eigenvalue weighted by atomic mass is 127. The van der Waals surface area contributed by atoms with Crippen LogP contribution in [0.2, 0.25) is 0 Å². The van der Waals surface area contributed by atoms with Crippen molar-refractivity contribution in [1.82, 2.24) is 9.97 Å². The highest BCUT2D eigenvalue weighted by Gasteiger charge is 2.41. The van der Waals surface area contributed by atoms with Crippen LogP contribution in [0.3, 0.4) is 0 Å². The summed E-state index contributed by atoms with van der Waals surface area (Å²) in [6, 6.07) is 14.8. The lowest BCUT2D eigenvalue weighted by molar-refractivity contribution is -0.120. The zero-order chi connectivity index (χ0) is 22.1. The maximum Gasteiger partial charge on any atom is 0.283 e. The smallest absolute Gasteiger partial charge is 0.283 e. The molecular formula is C22H16FIN4O2S. The molecule has 0 fully saturated rings. The van der Waals surface area contributed by atoms with E-state index in [1.54, 1.807) is 18.2 Å². The van der Waals surface area contributed by atoms with Crippen LogP contribution in [0.25, 0.3) is 0 Å². The SMILES string of the molecule is Cc1cc(C)nc(SC2=C(Nc3ccc(I)cc3)C(=O)N(c3ccccc3F)C2=O)n1. The number of thioether (sulfide) groups is 1. The molecule has 0 radical (unpaired) electrons. The number of nitrogens with zero attached hydrogens (tertiary/aromatic N) is 3. The maximum absolute atomic E-state index is 14.4. The highest BCUT2D eigenvalue weighted by molar-refractivity contribution is 14.1. The number of hydrogen-bond donors (Lipinski definition) is 1. The van der Waals surface area contributed by atoms with E-state index in [9.17, 15) is 14.0 Å². The maximum atomic E-state index is 14.4. The minimum absolute atomic E-state index is 0.0576. The molecule has 0 atom stereocenters. The minimum Gasteiger partial charge on any atom is -0.350 e. The quantitative estimate of drug-likeness (QED) is 0.281. The van der Waals surface area contributed by atoms with E-state index in [1.165, 1.54) is 18.2 Å². The second-order valence-corrected chi connectivity index (χ2v) is 8.99. The molecule has 2 aromatic carbocycles. The predicted molar refractivity (Wildman–Crippen MR) is 126 cm³/mol. The van der Waals surface area contributed by atoms with Gasteiger partial charge in [0.05, 0.1) is 5.69 Å². The van der Waals surface area contributed by atoms with Crippen molar-refractivity contribution in [2.75, 3.05) is 10.2 Å². The number of hydrogen-bond acceptors (Lipinski definition) is 6. The second-order valence-electron chi connectivity index (χ2n) is 6.77. The minimum atomic E-state index is -0.660. The fourth-order valence-corrected chi connectivity index (χ4v) is 4.41. The molecule has 2 amide bonds. The standard InChI is InChI=1S/C22H16FIN4O2S/c1-12-11-13(2)26-22(25-12)31-19-18(27-15-9-7-14(24)8-10-15)20(29)28(21(19)30)17-6-4-3-5-16(17)23/h3-11,27H,1-2H3. The lowest BCUT2D eigenvalue weighted by atomic mass is 10.2. The fraction of sp³-hybridized carbons (Fsp3) is 0.0909. The summed E-state index contributed by atoms with van der Waals surface area (Å²) in [6.07, 6.45) is 0. The third-order valence-electron chi connectivity index (χ3n) is 4.40. The van der Waals surface area contributed by atoms with Crippen molar-refractivity contribution in [3.05, 3.63) is 86.0 Å². The van der Waals surface area contributed by atoms with E-state index in [0.29, 0.717) is 10.8 Å². The molecule has 1 N–H and O–H groups in total. The number of carbonyl (C=O) groups excluding carboxylic acids is 2. The Morgan fingerprint density at radius 3 is 2.26 bits per heavy atom. The fourth-order valence-electron chi connectivity index (χ4n) is 3.07. The average Bonchev–Trinajstić information content (AvgIpc) is 2.93. The number of benzene rings is 2. The summed E-state index contributed by atoms with van der Waals surface area (Å²) in [5.41, 5.74) is 2.07. The zero-order valence-electron chi connectivity index (χ0n) is 16.5. The van der Waals surface area contributed by atoms with Crippen LogP contribution >= 0.6 is 34.4 Å². The van der Waals surface area contributed by atoms with Gasteiger partial charge in [0.1, 0.15) is 16.4 Å². The van der Waals surface area contributed by atoms with Crippen LogP contribution in [-0.2, 0) is 9.59 Å². The van der Waals surface area contributed by atoms with Crippen molar-refractivity contribution >= 4 is 57.5 Å². The first-order chi connectivity index (χ1) is 14.8. The number of rotatable bonds is 5. The Kier molecular flexibility index (Phi) is 6.05. The number of anilines is 2. The molecular weight excluding hydrogens is 530 g/mol. The third-order valence-corrected chi connectivity index (χ3v) is 6.07. The Hall–Kier alpha value is -2.79. The Bertz CT molecular complexity index is 1210. The Morgan fingerprint density at radius 1 is 0.968 bits per heavy atom. The van der Waals surface area contributed by atoms with Crippen LogP contribution in [-0.4, -0.2) is 21.8 Å². The first-order valence-electron chi connectivity index (χ1n) is 9.24. The van der Waals surface area contributed by atoms with Gasteiger partial charge in [-0.25, -0.2) is 19.3 Å². The van der Waals surface area contributed by atoms with E-state index in [2.05, 4.69) is 37.9 Å². The van der Waals surface area contributed by atoms with Gasteiger partial charge in [-0.3, -0.25) is 9.59 Å². The largest absolute Gasteiger partial charge is 0.350 e. The van der Waals surface area contributed by atoms with Crippen molar-refractivity contribution in [3.8, 4) is 0 Å². The predicted octanol–water partition coefficient (Wildman–Crippen LogP) is 4.83. The van der Waals surface area contributed by atoms with Crippen molar-refractivity contribution in [2.24, 2.45) is 0 Å². The summed E-state index contributed by atoms with van der Waals surface area (Å²) in [6.45, 7) is 3.65. The molecule has 4 rings (SSSR count). The molecule has 0 unspecified atom stereocenters. The molecule has 156 valence electrons. The third kappa shape index (κ3) is 4.47. The Morgan fingerprint density at radius 2 is 1.61 bits per heavy atom. The van der Waals surface area contributed by atoms with Crippen LogP contribution in [0.5, 0.6) is 0 Å². The van der Waals surface area contributed by atoms with Gasteiger partial charge in [0.25, 0.3) is 11.8 Å².